The van der Waals surface area contributed by atoms with Crippen molar-refractivity contribution in [1.82, 2.24) is 0 Å². The fraction of sp³-hybridized carbons (Fsp3) is 0.167. The third-order valence-corrected chi connectivity index (χ3v) is 2.97. The molecule has 3 nitrogen and oxygen atoms in total. The van der Waals surface area contributed by atoms with Crippen molar-refractivity contribution >= 4 is 17.7 Å². The van der Waals surface area contributed by atoms with Gasteiger partial charge >= 0.3 is 0 Å². The Morgan fingerprint density at radius 1 is 1.17 bits per heavy atom. The molecule has 23 heavy (non-hydrogen) atoms. The number of benzene rings is 2. The fourth-order valence-corrected chi connectivity index (χ4v) is 1.83. The first-order valence-electron chi connectivity index (χ1n) is 7.25. The second-order valence-electron chi connectivity index (χ2n) is 4.86. The largest absolute Gasteiger partial charge is 0.494 e. The van der Waals surface area contributed by atoms with Crippen LogP contribution in [-0.4, -0.2) is 12.5 Å². The predicted molar refractivity (Wildman–Crippen MR) is 86.2 cm³/mol. The Morgan fingerprint density at radius 2 is 1.91 bits per heavy atom. The molecule has 0 heterocycles. The van der Waals surface area contributed by atoms with E-state index in [1.165, 1.54) is 12.1 Å². The molecule has 5 heteroatoms. The van der Waals surface area contributed by atoms with Gasteiger partial charge in [-0.25, -0.2) is 8.78 Å². The molecule has 1 amide bonds. The normalized spacial score (nSPS) is 10.7. The van der Waals surface area contributed by atoms with E-state index in [4.69, 9.17) is 4.74 Å². The topological polar surface area (TPSA) is 38.3 Å². The number of anilines is 1. The lowest BCUT2D eigenvalue weighted by atomic mass is 10.2. The number of hydrogen-bond donors (Lipinski definition) is 1. The Balaban J connectivity index is 1.95. The van der Waals surface area contributed by atoms with Gasteiger partial charge in [0.25, 0.3) is 0 Å². The summed E-state index contributed by atoms with van der Waals surface area (Å²) in [5.41, 5.74) is 0.743. The third kappa shape index (κ3) is 5.21. The highest BCUT2D eigenvalue weighted by atomic mass is 19.1. The first-order chi connectivity index (χ1) is 11.1. The number of hydrogen-bond acceptors (Lipinski definition) is 2. The zero-order valence-corrected chi connectivity index (χ0v) is 12.7. The van der Waals surface area contributed by atoms with Crippen LogP contribution in [-0.2, 0) is 4.79 Å². The van der Waals surface area contributed by atoms with E-state index in [0.717, 1.165) is 23.8 Å². The quantitative estimate of drug-likeness (QED) is 0.802. The Hall–Kier alpha value is -2.69. The molecule has 2 rings (SSSR count). The number of carbonyl (C=O) groups is 1. The third-order valence-electron chi connectivity index (χ3n) is 2.97. The SMILES string of the molecule is CCCOc1ccc(/C=C/C(=O)Nc2ccc(F)cc2F)cc1. The molecule has 0 radical (unpaired) electrons. The lowest BCUT2D eigenvalue weighted by Crippen LogP contribution is -2.09. The number of carbonyl (C=O) groups excluding carboxylic acids is 1. The number of ether oxygens (including phenoxy) is 1. The fourth-order valence-electron chi connectivity index (χ4n) is 1.83. The highest BCUT2D eigenvalue weighted by molar-refractivity contribution is 6.01. The molecule has 0 aliphatic rings. The first kappa shape index (κ1) is 16.7. The molecule has 2 aromatic carbocycles. The zero-order chi connectivity index (χ0) is 16.7. The summed E-state index contributed by atoms with van der Waals surface area (Å²) in [7, 11) is 0. The van der Waals surface area contributed by atoms with E-state index in [-0.39, 0.29) is 5.69 Å². The highest BCUT2D eigenvalue weighted by Crippen LogP contribution is 2.16. The van der Waals surface area contributed by atoms with E-state index in [9.17, 15) is 13.6 Å². The predicted octanol–water partition coefficient (Wildman–Crippen LogP) is 4.41. The van der Waals surface area contributed by atoms with Crippen molar-refractivity contribution in [1.29, 1.82) is 0 Å². The van der Waals surface area contributed by atoms with Gasteiger partial charge in [0.1, 0.15) is 17.4 Å². The molecule has 120 valence electrons. The van der Waals surface area contributed by atoms with Crippen LogP contribution < -0.4 is 10.1 Å². The van der Waals surface area contributed by atoms with E-state index in [1.54, 1.807) is 6.08 Å². The second-order valence-corrected chi connectivity index (χ2v) is 4.86. The van der Waals surface area contributed by atoms with Crippen LogP contribution in [0.5, 0.6) is 5.75 Å². The molecule has 1 N–H and O–H groups in total. The summed E-state index contributed by atoms with van der Waals surface area (Å²) in [6, 6.07) is 10.2. The minimum Gasteiger partial charge on any atom is -0.494 e. The molecule has 0 aliphatic carbocycles. The van der Waals surface area contributed by atoms with E-state index >= 15 is 0 Å². The van der Waals surface area contributed by atoms with Crippen LogP contribution in [0.2, 0.25) is 0 Å². The Labute approximate surface area is 133 Å². The standard InChI is InChI=1S/C18H17F2NO2/c1-2-11-23-15-7-3-13(4-8-15)5-10-18(22)21-17-9-6-14(19)12-16(17)20/h3-10,12H,2,11H2,1H3,(H,21,22)/b10-5+. The van der Waals surface area contributed by atoms with Crippen LogP contribution in [0.15, 0.2) is 48.5 Å². The molecule has 0 aromatic heterocycles. The summed E-state index contributed by atoms with van der Waals surface area (Å²) in [6.45, 7) is 2.68. The zero-order valence-electron chi connectivity index (χ0n) is 12.7. The average molecular weight is 317 g/mol. The molecule has 0 spiro atoms. The minimum atomic E-state index is -0.816. The van der Waals surface area contributed by atoms with Crippen LogP contribution in [0.4, 0.5) is 14.5 Å². The molecule has 0 saturated carbocycles. The van der Waals surface area contributed by atoms with E-state index in [2.05, 4.69) is 5.32 Å². The number of rotatable bonds is 6. The Morgan fingerprint density at radius 3 is 2.57 bits per heavy atom. The molecular weight excluding hydrogens is 300 g/mol. The van der Waals surface area contributed by atoms with Crippen molar-refractivity contribution in [3.63, 3.8) is 0 Å². The van der Waals surface area contributed by atoms with E-state index < -0.39 is 17.5 Å². The van der Waals surface area contributed by atoms with Gasteiger partial charge in [0.05, 0.1) is 12.3 Å². The molecular formula is C18H17F2NO2. The van der Waals surface area contributed by atoms with E-state index in [1.807, 2.05) is 31.2 Å². The first-order valence-corrected chi connectivity index (χ1v) is 7.25. The maximum Gasteiger partial charge on any atom is 0.248 e. The van der Waals surface area contributed by atoms with Crippen molar-refractivity contribution in [2.45, 2.75) is 13.3 Å². The smallest absolute Gasteiger partial charge is 0.248 e. The number of halogens is 2. The molecule has 0 fully saturated rings. The molecule has 0 bridgehead atoms. The van der Waals surface area contributed by atoms with Crippen LogP contribution >= 0.6 is 0 Å². The van der Waals surface area contributed by atoms with Crippen molar-refractivity contribution in [2.24, 2.45) is 0 Å². The molecule has 0 atom stereocenters. The summed E-state index contributed by atoms with van der Waals surface area (Å²) in [6.07, 6.45) is 3.81. The maximum atomic E-state index is 13.4. The van der Waals surface area contributed by atoms with Gasteiger partial charge < -0.3 is 10.1 Å². The average Bonchev–Trinajstić information content (AvgIpc) is 2.54. The molecule has 0 aliphatic heterocycles. The lowest BCUT2D eigenvalue weighted by molar-refractivity contribution is -0.111. The summed E-state index contributed by atoms with van der Waals surface area (Å²) < 4.78 is 31.7. The summed E-state index contributed by atoms with van der Waals surface area (Å²) in [5.74, 6) is -1.24. The van der Waals surface area contributed by atoms with Crippen LogP contribution in [0.1, 0.15) is 18.9 Å². The molecule has 2 aromatic rings. The molecule has 0 saturated heterocycles. The second kappa shape index (κ2) is 8.08. The Bertz CT molecular complexity index is 697. The maximum absolute atomic E-state index is 13.4. The van der Waals surface area contributed by atoms with Gasteiger partial charge in [0, 0.05) is 12.1 Å². The van der Waals surface area contributed by atoms with E-state index in [0.29, 0.717) is 12.7 Å². The molecule has 0 unspecified atom stereocenters. The monoisotopic (exact) mass is 317 g/mol. The van der Waals surface area contributed by atoms with Crippen molar-refractivity contribution in [2.75, 3.05) is 11.9 Å². The number of nitrogens with one attached hydrogen (secondary N) is 1. The van der Waals surface area contributed by atoms with Crippen molar-refractivity contribution in [3.8, 4) is 5.75 Å². The van der Waals surface area contributed by atoms with Gasteiger partial charge in [0.15, 0.2) is 0 Å². The summed E-state index contributed by atoms with van der Waals surface area (Å²) in [4.78, 5) is 11.7. The van der Waals surface area contributed by atoms with Gasteiger partial charge in [-0.15, -0.1) is 0 Å². The summed E-state index contributed by atoms with van der Waals surface area (Å²) >= 11 is 0. The highest BCUT2D eigenvalue weighted by Gasteiger charge is 2.05. The van der Waals surface area contributed by atoms with Crippen molar-refractivity contribution in [3.05, 3.63) is 65.7 Å². The minimum absolute atomic E-state index is 0.0654. The number of amides is 1. The van der Waals surface area contributed by atoms with Crippen LogP contribution in [0.3, 0.4) is 0 Å². The van der Waals surface area contributed by atoms with Gasteiger partial charge in [-0.2, -0.15) is 0 Å². The Kier molecular flexibility index (Phi) is 5.86. The van der Waals surface area contributed by atoms with Gasteiger partial charge in [-0.1, -0.05) is 19.1 Å². The van der Waals surface area contributed by atoms with Gasteiger partial charge in [-0.05, 0) is 42.3 Å². The lowest BCUT2D eigenvalue weighted by Gasteiger charge is -2.04. The van der Waals surface area contributed by atoms with Crippen LogP contribution in [0, 0.1) is 11.6 Å². The van der Waals surface area contributed by atoms with Gasteiger partial charge in [0.2, 0.25) is 5.91 Å². The van der Waals surface area contributed by atoms with Gasteiger partial charge in [-0.3, -0.25) is 4.79 Å². The van der Waals surface area contributed by atoms with Crippen LogP contribution in [0.25, 0.3) is 6.08 Å². The van der Waals surface area contributed by atoms with Crippen molar-refractivity contribution < 1.29 is 18.3 Å². The summed E-state index contributed by atoms with van der Waals surface area (Å²) in [5, 5.41) is 2.35.